The molecule has 0 spiro atoms. The number of rotatable bonds is 1. The maximum atomic E-state index is 12.1. The van der Waals surface area contributed by atoms with Crippen molar-refractivity contribution in [3.8, 4) is 0 Å². The lowest BCUT2D eigenvalue weighted by atomic mass is 9.45. The molecule has 0 aliphatic heterocycles. The molecule has 3 heteroatoms. The van der Waals surface area contributed by atoms with Gasteiger partial charge in [-0.2, -0.15) is 0 Å². The molecule has 1 heterocycles. The van der Waals surface area contributed by atoms with Crippen LogP contribution in [-0.4, -0.2) is 15.3 Å². The molecule has 0 saturated heterocycles. The number of ketones is 1. The van der Waals surface area contributed by atoms with Crippen LogP contribution >= 0.6 is 0 Å². The Morgan fingerprint density at radius 1 is 1.07 bits per heavy atom. The Bertz CT molecular complexity index is 1020. The first-order valence-corrected chi connectivity index (χ1v) is 11.7. The second-order valence-corrected chi connectivity index (χ2v) is 10.8. The fourth-order valence-electron chi connectivity index (χ4n) is 8.11. The molecule has 0 bridgehead atoms. The van der Waals surface area contributed by atoms with Crippen molar-refractivity contribution in [2.24, 2.45) is 34.5 Å². The highest BCUT2D eigenvalue weighted by Gasteiger charge is 2.58. The van der Waals surface area contributed by atoms with Gasteiger partial charge >= 0.3 is 0 Å². The topological polar surface area (TPSA) is 34.9 Å². The molecule has 6 atom stereocenters. The van der Waals surface area contributed by atoms with Gasteiger partial charge in [-0.25, -0.2) is 4.98 Å². The number of hydrogen-bond donors (Lipinski definition) is 0. The summed E-state index contributed by atoms with van der Waals surface area (Å²) in [5.41, 5.74) is 4.46. The van der Waals surface area contributed by atoms with Crippen LogP contribution in [0.15, 0.2) is 36.7 Å². The third kappa shape index (κ3) is 2.36. The van der Waals surface area contributed by atoms with E-state index in [1.807, 2.05) is 6.33 Å². The Balaban J connectivity index is 1.34. The molecule has 0 N–H and O–H groups in total. The van der Waals surface area contributed by atoms with E-state index in [0.717, 1.165) is 42.5 Å². The van der Waals surface area contributed by atoms with Crippen LogP contribution in [0.2, 0.25) is 0 Å². The summed E-state index contributed by atoms with van der Waals surface area (Å²) in [5, 5.41) is 0. The zero-order valence-corrected chi connectivity index (χ0v) is 17.7. The zero-order valence-electron chi connectivity index (χ0n) is 17.7. The molecular weight excluding hydrogens is 356 g/mol. The summed E-state index contributed by atoms with van der Waals surface area (Å²) in [4.78, 5) is 16.8. The number of benzene rings is 1. The smallest absolute Gasteiger partial charge is 0.133 e. The second kappa shape index (κ2) is 6.06. The number of aromatic nitrogens is 2. The van der Waals surface area contributed by atoms with Gasteiger partial charge in [0.25, 0.3) is 0 Å². The van der Waals surface area contributed by atoms with Crippen molar-refractivity contribution < 1.29 is 4.79 Å². The average Bonchev–Trinajstić information content (AvgIpc) is 3.29. The molecular formula is C26H32N2O. The van der Waals surface area contributed by atoms with E-state index in [1.54, 1.807) is 0 Å². The first kappa shape index (κ1) is 17.9. The van der Waals surface area contributed by atoms with Crippen molar-refractivity contribution >= 4 is 22.5 Å². The van der Waals surface area contributed by atoms with Crippen molar-refractivity contribution in [1.82, 2.24) is 9.55 Å². The van der Waals surface area contributed by atoms with Crippen LogP contribution in [0.3, 0.4) is 0 Å². The Morgan fingerprint density at radius 3 is 2.83 bits per heavy atom. The van der Waals surface area contributed by atoms with E-state index in [-0.39, 0.29) is 5.41 Å². The fraction of sp³-hybridized carbons (Fsp3) is 0.615. The van der Waals surface area contributed by atoms with Crippen LogP contribution in [0.25, 0.3) is 16.7 Å². The maximum absolute atomic E-state index is 12.1. The predicted octanol–water partition coefficient (Wildman–Crippen LogP) is 6.10. The number of carbonyl (C=O) groups is 1. The van der Waals surface area contributed by atoms with Crippen LogP contribution in [-0.2, 0) is 4.79 Å². The Labute approximate surface area is 173 Å². The van der Waals surface area contributed by atoms with Crippen LogP contribution < -0.4 is 0 Å². The lowest BCUT2D eigenvalue weighted by molar-refractivity contribution is -0.136. The van der Waals surface area contributed by atoms with Gasteiger partial charge in [-0.1, -0.05) is 32.1 Å². The first-order chi connectivity index (χ1) is 14.0. The zero-order chi connectivity index (χ0) is 19.8. The average molecular weight is 389 g/mol. The number of imidazole rings is 1. The van der Waals surface area contributed by atoms with Crippen molar-refractivity contribution in [3.05, 3.63) is 36.7 Å². The molecule has 3 nitrogen and oxygen atoms in total. The van der Waals surface area contributed by atoms with E-state index in [2.05, 4.69) is 53.7 Å². The molecule has 1 aromatic carbocycles. The minimum absolute atomic E-state index is 0.248. The van der Waals surface area contributed by atoms with Crippen LogP contribution in [0.5, 0.6) is 0 Å². The minimum Gasteiger partial charge on any atom is -0.302 e. The maximum Gasteiger partial charge on any atom is 0.133 e. The largest absolute Gasteiger partial charge is 0.302 e. The molecule has 0 radical (unpaired) electrons. The summed E-state index contributed by atoms with van der Waals surface area (Å²) < 4.78 is 2.38. The van der Waals surface area contributed by atoms with E-state index in [0.29, 0.717) is 17.1 Å². The van der Waals surface area contributed by atoms with E-state index in [4.69, 9.17) is 0 Å². The van der Waals surface area contributed by atoms with Gasteiger partial charge in [-0.3, -0.25) is 4.79 Å². The van der Waals surface area contributed by atoms with Crippen molar-refractivity contribution in [3.63, 3.8) is 0 Å². The molecule has 4 aliphatic rings. The van der Waals surface area contributed by atoms with E-state index in [1.165, 1.54) is 43.3 Å². The summed E-state index contributed by atoms with van der Waals surface area (Å²) in [6, 6.07) is 8.52. The van der Waals surface area contributed by atoms with E-state index in [9.17, 15) is 4.79 Å². The molecule has 1 unspecified atom stereocenters. The Kier molecular flexibility index (Phi) is 3.74. The Morgan fingerprint density at radius 2 is 1.93 bits per heavy atom. The second-order valence-electron chi connectivity index (χ2n) is 10.8. The van der Waals surface area contributed by atoms with Crippen LogP contribution in [0.4, 0.5) is 0 Å². The van der Waals surface area contributed by atoms with Crippen molar-refractivity contribution in [1.29, 1.82) is 0 Å². The van der Waals surface area contributed by atoms with E-state index < -0.39 is 0 Å². The standard InChI is InChI=1S/C26H32N2O/c1-25-13-11-18(29)15-17(25)7-8-19-20-9-10-24(26(20,2)14-12-21(19)25)28-16-27-22-5-3-4-6-23(22)28/h3-6,10,16-17,19-21H,7-9,11-15H2,1-2H3/t17?,19-,20-,21+,25-,26-/m0/s1. The van der Waals surface area contributed by atoms with Gasteiger partial charge in [0.15, 0.2) is 0 Å². The third-order valence-electron chi connectivity index (χ3n) is 9.73. The number of hydrogen-bond acceptors (Lipinski definition) is 2. The molecule has 4 aliphatic carbocycles. The first-order valence-electron chi connectivity index (χ1n) is 11.7. The number of para-hydroxylation sites is 2. The third-order valence-corrected chi connectivity index (χ3v) is 9.73. The summed E-state index contributed by atoms with van der Waals surface area (Å²) in [6.07, 6.45) is 13.8. The van der Waals surface area contributed by atoms with Gasteiger partial charge in [0.05, 0.1) is 11.0 Å². The molecule has 29 heavy (non-hydrogen) atoms. The van der Waals surface area contributed by atoms with Gasteiger partial charge in [-0.15, -0.1) is 0 Å². The summed E-state index contributed by atoms with van der Waals surface area (Å²) in [6.45, 7) is 5.07. The monoisotopic (exact) mass is 388 g/mol. The summed E-state index contributed by atoms with van der Waals surface area (Å²) in [5.74, 6) is 3.52. The normalized spacial score (nSPS) is 41.6. The van der Waals surface area contributed by atoms with Crippen LogP contribution in [0, 0.1) is 34.5 Å². The predicted molar refractivity (Wildman–Crippen MR) is 116 cm³/mol. The number of allylic oxidation sites excluding steroid dienone is 2. The molecule has 152 valence electrons. The van der Waals surface area contributed by atoms with E-state index >= 15 is 0 Å². The number of fused-ring (bicyclic) bond motifs is 6. The molecule has 2 aromatic rings. The SMILES string of the molecule is C[C@]12CCC(=O)CC1CC[C@@H]1[C@H]2CC[C@]2(C)C(n3cnc4ccccc43)=CC[C@@H]12. The molecule has 6 rings (SSSR count). The molecule has 3 saturated carbocycles. The minimum atomic E-state index is 0.248. The number of carbonyl (C=O) groups excluding carboxylic acids is 1. The van der Waals surface area contributed by atoms with Gasteiger partial charge < -0.3 is 4.57 Å². The molecule has 3 fully saturated rings. The summed E-state index contributed by atoms with van der Waals surface area (Å²) in [7, 11) is 0. The molecule has 0 amide bonds. The highest BCUT2D eigenvalue weighted by Crippen LogP contribution is 2.66. The molecule has 1 aromatic heterocycles. The van der Waals surface area contributed by atoms with Gasteiger partial charge in [0.2, 0.25) is 0 Å². The van der Waals surface area contributed by atoms with Gasteiger partial charge in [0, 0.05) is 24.0 Å². The van der Waals surface area contributed by atoms with Crippen LogP contribution in [0.1, 0.15) is 65.2 Å². The van der Waals surface area contributed by atoms with Crippen molar-refractivity contribution in [2.45, 2.75) is 65.2 Å². The lowest BCUT2D eigenvalue weighted by Crippen LogP contribution is -2.53. The lowest BCUT2D eigenvalue weighted by Gasteiger charge is -2.60. The van der Waals surface area contributed by atoms with Gasteiger partial charge in [-0.05, 0) is 79.7 Å². The quantitative estimate of drug-likeness (QED) is 0.592. The summed E-state index contributed by atoms with van der Waals surface area (Å²) >= 11 is 0. The number of nitrogens with zero attached hydrogens (tertiary/aromatic N) is 2. The highest BCUT2D eigenvalue weighted by molar-refractivity contribution is 5.80. The number of Topliss-reactive ketones (excluding diaryl/α,β-unsaturated/α-hetero) is 1. The van der Waals surface area contributed by atoms with Crippen molar-refractivity contribution in [2.75, 3.05) is 0 Å². The Hall–Kier alpha value is -1.90. The van der Waals surface area contributed by atoms with Gasteiger partial charge in [0.1, 0.15) is 12.1 Å². The fourth-order valence-corrected chi connectivity index (χ4v) is 8.11. The highest BCUT2D eigenvalue weighted by atomic mass is 16.1.